The molecular formula is C23H28Cl2N2O2S. The van der Waals surface area contributed by atoms with Crippen molar-refractivity contribution in [3.63, 3.8) is 0 Å². The zero-order chi connectivity index (χ0) is 22.3. The molecular weight excluding hydrogens is 439 g/mol. The third kappa shape index (κ3) is 6.93. The van der Waals surface area contributed by atoms with Crippen LogP contribution in [0, 0.1) is 6.92 Å². The Labute approximate surface area is 193 Å². The highest BCUT2D eigenvalue weighted by molar-refractivity contribution is 8.00. The van der Waals surface area contributed by atoms with E-state index in [0.29, 0.717) is 22.0 Å². The number of hydrogen-bond donors (Lipinski definition) is 1. The number of halogens is 2. The molecule has 0 saturated carbocycles. The highest BCUT2D eigenvalue weighted by atomic mass is 35.5. The molecule has 4 nitrogen and oxygen atoms in total. The molecule has 1 N–H and O–H groups in total. The minimum Gasteiger partial charge on any atom is -0.352 e. The molecule has 0 unspecified atom stereocenters. The van der Waals surface area contributed by atoms with Gasteiger partial charge in [-0.25, -0.2) is 0 Å². The number of nitrogens with one attached hydrogen (secondary N) is 1. The Bertz CT molecular complexity index is 852. The Kier molecular flexibility index (Phi) is 9.53. The van der Waals surface area contributed by atoms with Crippen LogP contribution in [0.2, 0.25) is 10.0 Å². The molecule has 1 atom stereocenters. The second-order valence-corrected chi connectivity index (χ2v) is 9.27. The van der Waals surface area contributed by atoms with E-state index in [2.05, 4.69) is 5.32 Å². The molecule has 0 heterocycles. The standard InChI is InChI=1S/C23H28Cl2N2O2S/c1-5-21(23(29)26-15(2)3)27(13-18-19(24)7-6-8-20(18)25)22(28)14-30-17-11-9-16(4)10-12-17/h6-12,15,21H,5,13-14H2,1-4H3,(H,26,29)/t21-/m1/s1. The molecule has 162 valence electrons. The summed E-state index contributed by atoms with van der Waals surface area (Å²) < 4.78 is 0. The molecule has 0 aliphatic heterocycles. The van der Waals surface area contributed by atoms with Crippen molar-refractivity contribution in [2.24, 2.45) is 0 Å². The van der Waals surface area contributed by atoms with Crippen molar-refractivity contribution in [1.29, 1.82) is 0 Å². The molecule has 0 bridgehead atoms. The average Bonchev–Trinajstić information content (AvgIpc) is 2.68. The number of carbonyl (C=O) groups is 2. The summed E-state index contributed by atoms with van der Waals surface area (Å²) in [5.41, 5.74) is 1.81. The minimum atomic E-state index is -0.606. The van der Waals surface area contributed by atoms with Gasteiger partial charge < -0.3 is 10.2 Å². The fourth-order valence-corrected chi connectivity index (χ4v) is 4.32. The van der Waals surface area contributed by atoms with Crippen molar-refractivity contribution >= 4 is 46.8 Å². The van der Waals surface area contributed by atoms with E-state index in [1.54, 1.807) is 23.1 Å². The second kappa shape index (κ2) is 11.6. The molecule has 0 fully saturated rings. The lowest BCUT2D eigenvalue weighted by atomic mass is 10.1. The predicted molar refractivity (Wildman–Crippen MR) is 126 cm³/mol. The normalized spacial score (nSPS) is 12.0. The topological polar surface area (TPSA) is 49.4 Å². The van der Waals surface area contributed by atoms with Gasteiger partial charge in [0.2, 0.25) is 11.8 Å². The van der Waals surface area contributed by atoms with Crippen molar-refractivity contribution in [1.82, 2.24) is 10.2 Å². The van der Waals surface area contributed by atoms with Crippen molar-refractivity contribution in [2.75, 3.05) is 5.75 Å². The van der Waals surface area contributed by atoms with Gasteiger partial charge in [-0.05, 0) is 51.5 Å². The van der Waals surface area contributed by atoms with Gasteiger partial charge in [-0.2, -0.15) is 0 Å². The van der Waals surface area contributed by atoms with Crippen molar-refractivity contribution in [3.05, 3.63) is 63.6 Å². The molecule has 2 aromatic carbocycles. The highest BCUT2D eigenvalue weighted by Gasteiger charge is 2.30. The van der Waals surface area contributed by atoms with Gasteiger partial charge in [-0.15, -0.1) is 11.8 Å². The van der Waals surface area contributed by atoms with Crippen LogP contribution in [0.15, 0.2) is 47.4 Å². The predicted octanol–water partition coefficient (Wildman–Crippen LogP) is 5.73. The van der Waals surface area contributed by atoms with E-state index in [1.165, 1.54) is 11.8 Å². The third-order valence-electron chi connectivity index (χ3n) is 4.59. The van der Waals surface area contributed by atoms with Crippen molar-refractivity contribution in [3.8, 4) is 0 Å². The summed E-state index contributed by atoms with van der Waals surface area (Å²) >= 11 is 14.1. The van der Waals surface area contributed by atoms with Crippen LogP contribution in [0.5, 0.6) is 0 Å². The summed E-state index contributed by atoms with van der Waals surface area (Å²) in [6, 6.07) is 12.6. The maximum absolute atomic E-state index is 13.2. The van der Waals surface area contributed by atoms with Crippen LogP contribution in [0.4, 0.5) is 0 Å². The van der Waals surface area contributed by atoms with Crippen LogP contribution in [0.1, 0.15) is 38.3 Å². The summed E-state index contributed by atoms with van der Waals surface area (Å²) in [6.45, 7) is 7.89. The lowest BCUT2D eigenvalue weighted by molar-refractivity contribution is -0.139. The SMILES string of the molecule is CC[C@H](C(=O)NC(C)C)N(Cc1c(Cl)cccc1Cl)C(=O)CSc1ccc(C)cc1. The molecule has 0 aromatic heterocycles. The smallest absolute Gasteiger partial charge is 0.243 e. The second-order valence-electron chi connectivity index (χ2n) is 7.41. The van der Waals surface area contributed by atoms with E-state index in [4.69, 9.17) is 23.2 Å². The molecule has 0 saturated heterocycles. The van der Waals surface area contributed by atoms with E-state index >= 15 is 0 Å². The maximum Gasteiger partial charge on any atom is 0.243 e. The molecule has 0 aliphatic carbocycles. The Balaban J connectivity index is 2.27. The molecule has 0 aliphatic rings. The number of hydrogen-bond acceptors (Lipinski definition) is 3. The largest absolute Gasteiger partial charge is 0.352 e. The first kappa shape index (κ1) is 24.6. The lowest BCUT2D eigenvalue weighted by Crippen LogP contribution is -2.51. The highest BCUT2D eigenvalue weighted by Crippen LogP contribution is 2.28. The number of nitrogens with zero attached hydrogens (tertiary/aromatic N) is 1. The van der Waals surface area contributed by atoms with E-state index < -0.39 is 6.04 Å². The van der Waals surface area contributed by atoms with Crippen molar-refractivity contribution < 1.29 is 9.59 Å². The first-order valence-corrected chi connectivity index (χ1v) is 11.7. The van der Waals surface area contributed by atoms with Gasteiger partial charge in [0, 0.05) is 33.1 Å². The number of thioether (sulfide) groups is 1. The number of rotatable bonds is 9. The quantitative estimate of drug-likeness (QED) is 0.480. The van der Waals surface area contributed by atoms with Crippen LogP contribution < -0.4 is 5.32 Å². The number of carbonyl (C=O) groups excluding carboxylic acids is 2. The van der Waals surface area contributed by atoms with Gasteiger partial charge in [0.1, 0.15) is 6.04 Å². The Morgan fingerprint density at radius 1 is 1.07 bits per heavy atom. The Morgan fingerprint density at radius 2 is 1.67 bits per heavy atom. The fraction of sp³-hybridized carbons (Fsp3) is 0.391. The van der Waals surface area contributed by atoms with Gasteiger partial charge in [-0.3, -0.25) is 9.59 Å². The Hall–Kier alpha value is -1.69. The van der Waals surface area contributed by atoms with E-state index in [9.17, 15) is 9.59 Å². The van der Waals surface area contributed by atoms with Crippen LogP contribution in [0.25, 0.3) is 0 Å². The molecule has 2 rings (SSSR count). The van der Waals surface area contributed by atoms with E-state index in [1.807, 2.05) is 52.0 Å². The summed E-state index contributed by atoms with van der Waals surface area (Å²) in [5, 5.41) is 3.87. The summed E-state index contributed by atoms with van der Waals surface area (Å²) in [4.78, 5) is 28.7. The number of benzene rings is 2. The van der Waals surface area contributed by atoms with Gasteiger partial charge in [0.15, 0.2) is 0 Å². The van der Waals surface area contributed by atoms with Gasteiger partial charge >= 0.3 is 0 Å². The minimum absolute atomic E-state index is 0.0191. The average molecular weight is 467 g/mol. The van der Waals surface area contributed by atoms with Gasteiger partial charge in [0.25, 0.3) is 0 Å². The zero-order valence-corrected chi connectivity index (χ0v) is 20.1. The maximum atomic E-state index is 13.2. The van der Waals surface area contributed by atoms with Crippen molar-refractivity contribution in [2.45, 2.75) is 57.6 Å². The zero-order valence-electron chi connectivity index (χ0n) is 17.7. The molecule has 0 spiro atoms. The molecule has 2 amide bonds. The van der Waals surface area contributed by atoms with E-state index in [0.717, 1.165) is 10.5 Å². The Morgan fingerprint density at radius 3 is 2.20 bits per heavy atom. The molecule has 2 aromatic rings. The summed E-state index contributed by atoms with van der Waals surface area (Å²) in [7, 11) is 0. The van der Waals surface area contributed by atoms with Crippen LogP contribution in [-0.4, -0.2) is 34.6 Å². The third-order valence-corrected chi connectivity index (χ3v) is 6.30. The fourth-order valence-electron chi connectivity index (χ4n) is 3.02. The first-order valence-electron chi connectivity index (χ1n) is 9.95. The summed E-state index contributed by atoms with van der Waals surface area (Å²) in [6.07, 6.45) is 0.488. The first-order chi connectivity index (χ1) is 14.2. The number of aryl methyl sites for hydroxylation is 1. The lowest BCUT2D eigenvalue weighted by Gasteiger charge is -2.31. The van der Waals surface area contributed by atoms with Crippen LogP contribution in [-0.2, 0) is 16.1 Å². The summed E-state index contributed by atoms with van der Waals surface area (Å²) in [5.74, 6) is -0.0944. The molecule has 30 heavy (non-hydrogen) atoms. The molecule has 7 heteroatoms. The van der Waals surface area contributed by atoms with Gasteiger partial charge in [0.05, 0.1) is 5.75 Å². The monoisotopic (exact) mass is 466 g/mol. The molecule has 0 radical (unpaired) electrons. The number of amides is 2. The van der Waals surface area contributed by atoms with Crippen LogP contribution in [0.3, 0.4) is 0 Å². The van der Waals surface area contributed by atoms with Gasteiger partial charge in [-0.1, -0.05) is 53.9 Å². The van der Waals surface area contributed by atoms with Crippen LogP contribution >= 0.6 is 35.0 Å². The van der Waals surface area contributed by atoms with E-state index in [-0.39, 0.29) is 30.2 Å².